The van der Waals surface area contributed by atoms with Gasteiger partial charge in [-0.05, 0) is 60.2 Å². The number of aryl methyl sites for hydroxylation is 1. The summed E-state index contributed by atoms with van der Waals surface area (Å²) in [4.78, 5) is 10.8. The molecular weight excluding hydrogens is 536 g/mol. The third kappa shape index (κ3) is 9.15. The highest BCUT2D eigenvalue weighted by atomic mass is 32.2. The van der Waals surface area contributed by atoms with Crippen LogP contribution < -0.4 is 24.2 Å². The first-order chi connectivity index (χ1) is 19.1. The van der Waals surface area contributed by atoms with Crippen molar-refractivity contribution in [3.05, 3.63) is 83.4 Å². The fourth-order valence-corrected chi connectivity index (χ4v) is 5.00. The molecule has 0 saturated carbocycles. The Hall–Kier alpha value is -3.80. The van der Waals surface area contributed by atoms with E-state index in [9.17, 15) is 18.3 Å². The lowest BCUT2D eigenvalue weighted by Gasteiger charge is -2.27. The van der Waals surface area contributed by atoms with Gasteiger partial charge in [-0.3, -0.25) is 4.72 Å². The van der Waals surface area contributed by atoms with E-state index in [0.717, 1.165) is 36.6 Å². The molecule has 0 bridgehead atoms. The number of ether oxygens (including phenoxy) is 3. The summed E-state index contributed by atoms with van der Waals surface area (Å²) >= 11 is 0. The van der Waals surface area contributed by atoms with Crippen molar-refractivity contribution in [2.45, 2.75) is 38.0 Å². The molecule has 0 unspecified atom stereocenters. The zero-order chi connectivity index (χ0) is 28.5. The van der Waals surface area contributed by atoms with Gasteiger partial charge in [-0.1, -0.05) is 36.4 Å². The molecule has 0 aliphatic heterocycles. The van der Waals surface area contributed by atoms with Crippen molar-refractivity contribution in [2.75, 3.05) is 30.7 Å². The normalized spacial score (nSPS) is 15.5. The Balaban J connectivity index is 1.29. The minimum Gasteiger partial charge on any atom is -0.491 e. The number of aliphatic hydroxyl groups is 1. The van der Waals surface area contributed by atoms with Gasteiger partial charge in [0.25, 0.3) is 0 Å². The molecule has 11 heteroatoms. The summed E-state index contributed by atoms with van der Waals surface area (Å²) in [6.07, 6.45) is 2.77. The number of benzene rings is 3. The highest BCUT2D eigenvalue weighted by Crippen LogP contribution is 2.31. The van der Waals surface area contributed by atoms with E-state index < -0.39 is 22.1 Å². The van der Waals surface area contributed by atoms with Crippen LogP contribution in [0.25, 0.3) is 0 Å². The molecule has 4 rings (SSSR count). The first kappa shape index (κ1) is 29.2. The predicted octanol–water partition coefficient (Wildman–Crippen LogP) is 2.99. The third-order valence-electron chi connectivity index (χ3n) is 6.34. The lowest BCUT2D eigenvalue weighted by Crippen LogP contribution is -2.40. The van der Waals surface area contributed by atoms with Crippen LogP contribution in [-0.2, 0) is 34.3 Å². The van der Waals surface area contributed by atoms with E-state index in [2.05, 4.69) is 10.0 Å². The number of sulfonamides is 1. The number of carboxylic acids is 1. The Morgan fingerprint density at radius 1 is 1.00 bits per heavy atom. The van der Waals surface area contributed by atoms with Gasteiger partial charge in [0.2, 0.25) is 10.0 Å². The van der Waals surface area contributed by atoms with Crippen molar-refractivity contribution in [1.82, 2.24) is 5.32 Å². The number of carbonyl (C=O) groups is 1. The summed E-state index contributed by atoms with van der Waals surface area (Å²) in [6, 6.07) is 20.1. The number of rotatable bonds is 14. The van der Waals surface area contributed by atoms with Gasteiger partial charge in [0.15, 0.2) is 6.61 Å². The van der Waals surface area contributed by atoms with Crippen LogP contribution in [0.15, 0.2) is 66.7 Å². The molecule has 1 aliphatic carbocycles. The highest BCUT2D eigenvalue weighted by molar-refractivity contribution is 7.92. The quantitative estimate of drug-likeness (QED) is 0.230. The maximum Gasteiger partial charge on any atom is 0.341 e. The van der Waals surface area contributed by atoms with Crippen LogP contribution in [-0.4, -0.2) is 62.8 Å². The first-order valence-corrected chi connectivity index (χ1v) is 14.8. The summed E-state index contributed by atoms with van der Waals surface area (Å²) in [6.45, 7) is 0.196. The van der Waals surface area contributed by atoms with Crippen LogP contribution in [0.3, 0.4) is 0 Å². The molecule has 3 aromatic rings. The van der Waals surface area contributed by atoms with Crippen LogP contribution in [0.1, 0.15) is 23.1 Å². The minimum atomic E-state index is -3.56. The second kappa shape index (κ2) is 13.5. The number of aliphatic hydroxyl groups excluding tert-OH is 1. The number of carboxylic acid groups (broad SMARTS) is 1. The number of fused-ring (bicyclic) bond motifs is 1. The average Bonchev–Trinajstić information content (AvgIpc) is 2.92. The molecule has 3 aromatic carbocycles. The largest absolute Gasteiger partial charge is 0.491 e. The summed E-state index contributed by atoms with van der Waals surface area (Å²) in [7, 11) is -3.56. The molecule has 0 amide bonds. The first-order valence-electron chi connectivity index (χ1n) is 12.9. The Kier molecular flexibility index (Phi) is 9.86. The van der Waals surface area contributed by atoms with Crippen molar-refractivity contribution in [3.8, 4) is 17.2 Å². The van der Waals surface area contributed by atoms with Gasteiger partial charge < -0.3 is 29.7 Å². The number of aliphatic carboxylic acids is 1. The van der Waals surface area contributed by atoms with Crippen molar-refractivity contribution < 1.29 is 37.6 Å². The number of hydrogen-bond acceptors (Lipinski definition) is 8. The molecule has 40 heavy (non-hydrogen) atoms. The summed E-state index contributed by atoms with van der Waals surface area (Å²) in [5.74, 6) is 0.246. The molecule has 0 saturated heterocycles. The van der Waals surface area contributed by atoms with E-state index in [1.54, 1.807) is 18.2 Å². The maximum absolute atomic E-state index is 11.9. The molecule has 0 fully saturated rings. The van der Waals surface area contributed by atoms with Gasteiger partial charge in [-0.25, -0.2) is 13.2 Å². The van der Waals surface area contributed by atoms with Crippen LogP contribution in [0.2, 0.25) is 0 Å². The highest BCUT2D eigenvalue weighted by Gasteiger charge is 2.20. The molecule has 2 atom stereocenters. The second-order valence-electron chi connectivity index (χ2n) is 9.73. The molecule has 1 aliphatic rings. The van der Waals surface area contributed by atoms with Crippen LogP contribution in [0.4, 0.5) is 5.69 Å². The molecule has 0 aromatic heterocycles. The van der Waals surface area contributed by atoms with Crippen LogP contribution in [0.5, 0.6) is 17.2 Å². The molecule has 4 N–H and O–H groups in total. The molecule has 10 nitrogen and oxygen atoms in total. The van der Waals surface area contributed by atoms with Crippen LogP contribution in [0, 0.1) is 0 Å². The van der Waals surface area contributed by atoms with E-state index in [4.69, 9.17) is 19.3 Å². The van der Waals surface area contributed by atoms with Gasteiger partial charge in [0, 0.05) is 18.7 Å². The number of nitrogens with one attached hydrogen (secondary N) is 2. The molecule has 0 heterocycles. The number of hydrogen-bond donors (Lipinski definition) is 4. The summed E-state index contributed by atoms with van der Waals surface area (Å²) in [5, 5.41) is 22.7. The minimum absolute atomic E-state index is 0.00597. The van der Waals surface area contributed by atoms with Gasteiger partial charge in [0.1, 0.15) is 36.6 Å². The van der Waals surface area contributed by atoms with Crippen molar-refractivity contribution in [1.29, 1.82) is 0 Å². The maximum atomic E-state index is 11.9. The second-order valence-corrected chi connectivity index (χ2v) is 11.5. The standard InChI is InChI=1S/C29H34N2O8S/c1-40(35,36)31-27-15-26(11-12-28(27)39-17-20-5-3-2-4-6-20)37-18-24(32)16-30-23-9-7-21-8-10-25(14-22(21)13-23)38-19-29(33)34/h2-6,8,10-12,14-15,23-24,30-32H,7,9,13,16-19H2,1H3,(H,33,34)/t23-,24-/m0/s1. The lowest BCUT2D eigenvalue weighted by molar-refractivity contribution is -0.139. The van der Waals surface area contributed by atoms with E-state index in [0.29, 0.717) is 23.8 Å². The third-order valence-corrected chi connectivity index (χ3v) is 6.93. The fourth-order valence-electron chi connectivity index (χ4n) is 4.44. The van der Waals surface area contributed by atoms with Gasteiger partial charge in [-0.2, -0.15) is 0 Å². The SMILES string of the molecule is CS(=O)(=O)Nc1cc(OC[C@@H](O)CN[C@H]2CCc3ccc(OCC(=O)O)cc3C2)ccc1OCc1ccccc1. The zero-order valence-electron chi connectivity index (χ0n) is 22.2. The summed E-state index contributed by atoms with van der Waals surface area (Å²) in [5.41, 5.74) is 3.49. The Labute approximate surface area is 234 Å². The van der Waals surface area contributed by atoms with E-state index >= 15 is 0 Å². The van der Waals surface area contributed by atoms with E-state index in [1.807, 2.05) is 42.5 Å². The fraction of sp³-hybridized carbons (Fsp3) is 0.345. The van der Waals surface area contributed by atoms with Gasteiger partial charge in [-0.15, -0.1) is 0 Å². The summed E-state index contributed by atoms with van der Waals surface area (Å²) < 4.78 is 43.2. The van der Waals surface area contributed by atoms with Crippen molar-refractivity contribution in [2.24, 2.45) is 0 Å². The topological polar surface area (TPSA) is 143 Å². The van der Waals surface area contributed by atoms with Crippen molar-refractivity contribution in [3.63, 3.8) is 0 Å². The van der Waals surface area contributed by atoms with E-state index in [-0.39, 0.29) is 31.5 Å². The molecule has 214 valence electrons. The Morgan fingerprint density at radius 2 is 1.75 bits per heavy atom. The van der Waals surface area contributed by atoms with Crippen molar-refractivity contribution >= 4 is 21.7 Å². The Bertz CT molecular complexity index is 1400. The zero-order valence-corrected chi connectivity index (χ0v) is 23.0. The van der Waals surface area contributed by atoms with Crippen LogP contribution >= 0.6 is 0 Å². The molecule has 0 radical (unpaired) electrons. The van der Waals surface area contributed by atoms with E-state index in [1.165, 1.54) is 11.6 Å². The number of anilines is 1. The van der Waals surface area contributed by atoms with Gasteiger partial charge in [0.05, 0.1) is 11.9 Å². The molecular formula is C29H34N2O8S. The molecule has 0 spiro atoms. The smallest absolute Gasteiger partial charge is 0.341 e. The Morgan fingerprint density at radius 3 is 2.50 bits per heavy atom. The average molecular weight is 571 g/mol. The lowest BCUT2D eigenvalue weighted by atomic mass is 9.88. The monoisotopic (exact) mass is 570 g/mol. The predicted molar refractivity (Wildman–Crippen MR) is 151 cm³/mol. The van der Waals surface area contributed by atoms with Gasteiger partial charge >= 0.3 is 5.97 Å².